The van der Waals surface area contributed by atoms with Crippen LogP contribution in [0.5, 0.6) is 0 Å². The molecule has 0 atom stereocenters. The Balaban J connectivity index is 2.63. The Morgan fingerprint density at radius 3 is 2.37 bits per heavy atom. The Morgan fingerprint density at radius 2 is 1.89 bits per heavy atom. The van der Waals surface area contributed by atoms with Crippen LogP contribution in [0.25, 0.3) is 0 Å². The Morgan fingerprint density at radius 1 is 1.26 bits per heavy atom. The number of anilines is 1. The zero-order valence-corrected chi connectivity index (χ0v) is 11.8. The molecule has 0 radical (unpaired) electrons. The summed E-state index contributed by atoms with van der Waals surface area (Å²) in [7, 11) is 5.60. The summed E-state index contributed by atoms with van der Waals surface area (Å²) in [4.78, 5) is 14.7. The van der Waals surface area contributed by atoms with Crippen molar-refractivity contribution >= 4 is 11.7 Å². The van der Waals surface area contributed by atoms with E-state index in [-0.39, 0.29) is 6.54 Å². The minimum absolute atomic E-state index is 0.0266. The van der Waals surface area contributed by atoms with Crippen molar-refractivity contribution in [1.29, 1.82) is 0 Å². The quantitative estimate of drug-likeness (QED) is 0.768. The van der Waals surface area contributed by atoms with E-state index in [1.54, 1.807) is 7.11 Å². The lowest BCUT2D eigenvalue weighted by molar-refractivity contribution is -0.138. The van der Waals surface area contributed by atoms with Crippen LogP contribution < -0.4 is 4.90 Å². The van der Waals surface area contributed by atoms with Crippen LogP contribution in [0.1, 0.15) is 5.56 Å². The van der Waals surface area contributed by atoms with Crippen molar-refractivity contribution < 1.29 is 14.6 Å². The molecule has 0 saturated heterocycles. The molecule has 0 saturated carbocycles. The highest BCUT2D eigenvalue weighted by atomic mass is 16.5. The van der Waals surface area contributed by atoms with Gasteiger partial charge in [0.25, 0.3) is 0 Å². The van der Waals surface area contributed by atoms with Gasteiger partial charge in [-0.3, -0.25) is 9.69 Å². The second-order valence-electron chi connectivity index (χ2n) is 4.66. The van der Waals surface area contributed by atoms with Gasteiger partial charge in [0.1, 0.15) is 0 Å². The second kappa shape index (κ2) is 7.76. The molecule has 19 heavy (non-hydrogen) atoms. The van der Waals surface area contributed by atoms with Crippen molar-refractivity contribution in [2.75, 3.05) is 45.8 Å². The minimum Gasteiger partial charge on any atom is -0.480 e. The summed E-state index contributed by atoms with van der Waals surface area (Å²) in [6.45, 7) is 1.78. The SMILES string of the molecule is COCCN(CC(=O)O)Cc1ccc(N(C)C)cc1. The number of ether oxygens (including phenoxy) is 1. The molecule has 0 unspecified atom stereocenters. The van der Waals surface area contributed by atoms with Crippen molar-refractivity contribution in [1.82, 2.24) is 4.90 Å². The highest BCUT2D eigenvalue weighted by Crippen LogP contribution is 2.13. The molecular weight excluding hydrogens is 244 g/mol. The first-order chi connectivity index (χ1) is 9.02. The van der Waals surface area contributed by atoms with Gasteiger partial charge in [0.15, 0.2) is 0 Å². The zero-order valence-electron chi connectivity index (χ0n) is 11.8. The minimum atomic E-state index is -0.819. The van der Waals surface area contributed by atoms with Gasteiger partial charge >= 0.3 is 5.97 Å². The number of carbonyl (C=O) groups is 1. The van der Waals surface area contributed by atoms with E-state index in [2.05, 4.69) is 0 Å². The Kier molecular flexibility index (Phi) is 6.32. The predicted octanol–water partition coefficient (Wildman–Crippen LogP) is 1.29. The van der Waals surface area contributed by atoms with Crippen molar-refractivity contribution in [2.45, 2.75) is 6.54 Å². The van der Waals surface area contributed by atoms with Crippen LogP contribution in [0.15, 0.2) is 24.3 Å². The topological polar surface area (TPSA) is 53.0 Å². The number of rotatable bonds is 8. The predicted molar refractivity (Wildman–Crippen MR) is 75.6 cm³/mol. The van der Waals surface area contributed by atoms with Crippen molar-refractivity contribution in [3.63, 3.8) is 0 Å². The first-order valence-corrected chi connectivity index (χ1v) is 6.22. The van der Waals surface area contributed by atoms with Gasteiger partial charge in [-0.1, -0.05) is 12.1 Å². The molecule has 1 N–H and O–H groups in total. The number of benzene rings is 1. The van der Waals surface area contributed by atoms with Crippen molar-refractivity contribution in [3.8, 4) is 0 Å². The van der Waals surface area contributed by atoms with E-state index in [1.807, 2.05) is 48.2 Å². The van der Waals surface area contributed by atoms with Crippen LogP contribution in [0.3, 0.4) is 0 Å². The molecule has 0 amide bonds. The first-order valence-electron chi connectivity index (χ1n) is 6.22. The maximum atomic E-state index is 10.8. The average Bonchev–Trinajstić information content (AvgIpc) is 2.36. The summed E-state index contributed by atoms with van der Waals surface area (Å²) in [6, 6.07) is 8.11. The van der Waals surface area contributed by atoms with E-state index in [0.717, 1.165) is 11.3 Å². The number of nitrogens with zero attached hydrogens (tertiary/aromatic N) is 2. The molecule has 0 fully saturated rings. The van der Waals surface area contributed by atoms with Crippen LogP contribution in [-0.2, 0) is 16.1 Å². The molecule has 106 valence electrons. The molecule has 5 nitrogen and oxygen atoms in total. The monoisotopic (exact) mass is 266 g/mol. The van der Waals surface area contributed by atoms with Crippen molar-refractivity contribution in [2.24, 2.45) is 0 Å². The third-order valence-electron chi connectivity index (χ3n) is 2.83. The smallest absolute Gasteiger partial charge is 0.317 e. The summed E-state index contributed by atoms with van der Waals surface area (Å²) in [6.07, 6.45) is 0. The number of hydrogen-bond acceptors (Lipinski definition) is 4. The van der Waals surface area contributed by atoms with Gasteiger partial charge in [0.2, 0.25) is 0 Å². The van der Waals surface area contributed by atoms with Crippen molar-refractivity contribution in [3.05, 3.63) is 29.8 Å². The van der Waals surface area contributed by atoms with Gasteiger partial charge < -0.3 is 14.7 Å². The van der Waals surface area contributed by atoms with E-state index in [0.29, 0.717) is 19.7 Å². The lowest BCUT2D eigenvalue weighted by Crippen LogP contribution is -2.32. The summed E-state index contributed by atoms with van der Waals surface area (Å²) in [5.41, 5.74) is 2.23. The maximum Gasteiger partial charge on any atom is 0.317 e. The molecule has 0 aliphatic carbocycles. The molecule has 0 spiro atoms. The molecule has 0 aliphatic heterocycles. The standard InChI is InChI=1S/C14H22N2O3/c1-15(2)13-6-4-12(5-7-13)10-16(8-9-19-3)11-14(17)18/h4-7H,8-11H2,1-3H3,(H,17,18). The van der Waals surface area contributed by atoms with Gasteiger partial charge in [-0.15, -0.1) is 0 Å². The van der Waals surface area contributed by atoms with E-state index in [4.69, 9.17) is 9.84 Å². The zero-order chi connectivity index (χ0) is 14.3. The normalized spacial score (nSPS) is 10.7. The summed E-state index contributed by atoms with van der Waals surface area (Å²) >= 11 is 0. The highest BCUT2D eigenvalue weighted by molar-refractivity contribution is 5.69. The van der Waals surface area contributed by atoms with Gasteiger partial charge in [-0.2, -0.15) is 0 Å². The van der Waals surface area contributed by atoms with Crippen LogP contribution >= 0.6 is 0 Å². The summed E-state index contributed by atoms with van der Waals surface area (Å²) in [5, 5.41) is 8.89. The molecule has 0 aromatic heterocycles. The molecule has 1 aromatic rings. The molecule has 0 heterocycles. The molecule has 0 bridgehead atoms. The number of aliphatic carboxylic acids is 1. The molecular formula is C14H22N2O3. The van der Waals surface area contributed by atoms with Gasteiger partial charge in [0.05, 0.1) is 13.2 Å². The van der Waals surface area contributed by atoms with Gasteiger partial charge in [-0.25, -0.2) is 0 Å². The third kappa shape index (κ3) is 5.72. The first kappa shape index (κ1) is 15.5. The van der Waals surface area contributed by atoms with Gasteiger partial charge in [-0.05, 0) is 17.7 Å². The lowest BCUT2D eigenvalue weighted by atomic mass is 10.2. The van der Waals surface area contributed by atoms with Crippen LogP contribution in [-0.4, -0.2) is 56.9 Å². The van der Waals surface area contributed by atoms with Crippen LogP contribution in [0, 0.1) is 0 Å². The average molecular weight is 266 g/mol. The number of methoxy groups -OCH3 is 1. The van der Waals surface area contributed by atoms with E-state index in [9.17, 15) is 4.79 Å². The number of hydrogen-bond donors (Lipinski definition) is 1. The lowest BCUT2D eigenvalue weighted by Gasteiger charge is -2.20. The molecule has 1 aromatic carbocycles. The van der Waals surface area contributed by atoms with Crippen LogP contribution in [0.2, 0.25) is 0 Å². The number of carboxylic acid groups (broad SMARTS) is 1. The Hall–Kier alpha value is -1.59. The molecule has 0 aliphatic rings. The summed E-state index contributed by atoms with van der Waals surface area (Å²) < 4.78 is 5.00. The molecule has 5 heteroatoms. The second-order valence-corrected chi connectivity index (χ2v) is 4.66. The Labute approximate surface area is 114 Å². The maximum absolute atomic E-state index is 10.8. The molecule has 1 rings (SSSR count). The van der Waals surface area contributed by atoms with Gasteiger partial charge in [0, 0.05) is 40.0 Å². The highest BCUT2D eigenvalue weighted by Gasteiger charge is 2.10. The van der Waals surface area contributed by atoms with E-state index < -0.39 is 5.97 Å². The third-order valence-corrected chi connectivity index (χ3v) is 2.83. The Bertz CT molecular complexity index is 390. The van der Waals surface area contributed by atoms with Crippen LogP contribution in [0.4, 0.5) is 5.69 Å². The largest absolute Gasteiger partial charge is 0.480 e. The van der Waals surface area contributed by atoms with E-state index in [1.165, 1.54) is 0 Å². The summed E-state index contributed by atoms with van der Waals surface area (Å²) in [5.74, 6) is -0.819. The fourth-order valence-electron chi connectivity index (χ4n) is 1.78. The van der Waals surface area contributed by atoms with E-state index >= 15 is 0 Å². The fourth-order valence-corrected chi connectivity index (χ4v) is 1.78. The number of carboxylic acids is 1. The fraction of sp³-hybridized carbons (Fsp3) is 0.500.